The lowest BCUT2D eigenvalue weighted by molar-refractivity contribution is 0.584. The van der Waals surface area contributed by atoms with Crippen LogP contribution in [0.3, 0.4) is 0 Å². The Balaban J connectivity index is 2.41. The summed E-state index contributed by atoms with van der Waals surface area (Å²) in [4.78, 5) is 0. The summed E-state index contributed by atoms with van der Waals surface area (Å²) < 4.78 is 27.3. The van der Waals surface area contributed by atoms with E-state index in [1.165, 1.54) is 16.9 Å². The summed E-state index contributed by atoms with van der Waals surface area (Å²) in [6.45, 7) is 2.63. The monoisotopic (exact) mass is 240 g/mol. The zero-order valence-corrected chi connectivity index (χ0v) is 10.3. The first-order valence-corrected chi connectivity index (χ1v) is 6.85. The molecule has 0 unspecified atom stereocenters. The third-order valence-corrected chi connectivity index (χ3v) is 4.43. The fraction of sp³-hybridized carbons (Fsp3) is 0.455. The molecule has 0 spiro atoms. The minimum absolute atomic E-state index is 0.533. The van der Waals surface area contributed by atoms with Gasteiger partial charge in [-0.3, -0.25) is 4.31 Å². The Bertz CT molecular complexity index is 497. The van der Waals surface area contributed by atoms with Gasteiger partial charge in [-0.25, -0.2) is 4.72 Å². The Morgan fingerprint density at radius 2 is 2.19 bits per heavy atom. The van der Waals surface area contributed by atoms with Crippen molar-refractivity contribution in [2.45, 2.75) is 19.8 Å². The van der Waals surface area contributed by atoms with E-state index < -0.39 is 10.2 Å². The first-order chi connectivity index (χ1) is 7.58. The number of rotatable bonds is 3. The van der Waals surface area contributed by atoms with Crippen molar-refractivity contribution < 1.29 is 8.42 Å². The predicted octanol–water partition coefficient (Wildman–Crippen LogP) is 1.08. The van der Waals surface area contributed by atoms with E-state index in [1.54, 1.807) is 0 Å². The lowest BCUT2D eigenvalue weighted by atomic mass is 10.1. The molecule has 1 heterocycles. The molecule has 0 saturated heterocycles. The Morgan fingerprint density at radius 1 is 1.44 bits per heavy atom. The van der Waals surface area contributed by atoms with E-state index >= 15 is 0 Å². The van der Waals surface area contributed by atoms with Gasteiger partial charge in [-0.05, 0) is 30.0 Å². The van der Waals surface area contributed by atoms with E-state index in [9.17, 15) is 8.42 Å². The van der Waals surface area contributed by atoms with Gasteiger partial charge in [0.2, 0.25) is 0 Å². The van der Waals surface area contributed by atoms with Crippen LogP contribution in [0.2, 0.25) is 0 Å². The number of nitrogens with zero attached hydrogens (tertiary/aromatic N) is 1. The summed E-state index contributed by atoms with van der Waals surface area (Å²) in [6.07, 6.45) is 1.77. The van der Waals surface area contributed by atoms with Crippen molar-refractivity contribution in [3.8, 4) is 0 Å². The lowest BCUT2D eigenvalue weighted by Crippen LogP contribution is -2.37. The fourth-order valence-corrected chi connectivity index (χ4v) is 2.99. The van der Waals surface area contributed by atoms with Crippen LogP contribution in [-0.2, 0) is 23.1 Å². The zero-order chi connectivity index (χ0) is 11.8. The molecule has 88 valence electrons. The molecule has 0 radical (unpaired) electrons. The van der Waals surface area contributed by atoms with E-state index in [0.717, 1.165) is 24.1 Å². The molecule has 5 heteroatoms. The van der Waals surface area contributed by atoms with Gasteiger partial charge in [-0.15, -0.1) is 0 Å². The van der Waals surface area contributed by atoms with Gasteiger partial charge in [0.1, 0.15) is 0 Å². The minimum Gasteiger partial charge on any atom is -0.257 e. The van der Waals surface area contributed by atoms with Gasteiger partial charge >= 0.3 is 10.2 Å². The van der Waals surface area contributed by atoms with Crippen LogP contribution in [0.5, 0.6) is 0 Å². The molecule has 2 rings (SSSR count). The maximum absolute atomic E-state index is 11.7. The number of hydrogen-bond acceptors (Lipinski definition) is 2. The average Bonchev–Trinajstić information content (AvgIpc) is 2.72. The normalized spacial score (nSPS) is 15.2. The van der Waals surface area contributed by atoms with Gasteiger partial charge in [-0.1, -0.05) is 19.1 Å². The van der Waals surface area contributed by atoms with Crippen molar-refractivity contribution in [2.75, 3.05) is 17.9 Å². The molecule has 1 N–H and O–H groups in total. The largest absolute Gasteiger partial charge is 0.301 e. The third-order valence-electron chi connectivity index (χ3n) is 2.95. The number of hydrogen-bond donors (Lipinski definition) is 1. The molecule has 1 aliphatic heterocycles. The highest BCUT2D eigenvalue weighted by atomic mass is 32.2. The Kier molecular flexibility index (Phi) is 2.90. The average molecular weight is 240 g/mol. The van der Waals surface area contributed by atoms with Crippen molar-refractivity contribution in [2.24, 2.45) is 0 Å². The first-order valence-electron chi connectivity index (χ1n) is 5.41. The molecule has 0 aromatic heterocycles. The number of benzene rings is 1. The summed E-state index contributed by atoms with van der Waals surface area (Å²) >= 11 is 0. The van der Waals surface area contributed by atoms with E-state index in [4.69, 9.17) is 0 Å². The van der Waals surface area contributed by atoms with Gasteiger partial charge < -0.3 is 0 Å². The number of aryl methyl sites for hydroxylation is 1. The lowest BCUT2D eigenvalue weighted by Gasteiger charge is -2.18. The molecular formula is C11H16N2O2S. The van der Waals surface area contributed by atoms with Gasteiger partial charge in [0.05, 0.1) is 5.69 Å². The molecule has 0 amide bonds. The molecule has 0 saturated carbocycles. The highest BCUT2D eigenvalue weighted by Crippen LogP contribution is 2.30. The Labute approximate surface area is 96.5 Å². The van der Waals surface area contributed by atoms with Crippen molar-refractivity contribution in [1.29, 1.82) is 0 Å². The summed E-state index contributed by atoms with van der Waals surface area (Å²) in [5.74, 6) is 0. The van der Waals surface area contributed by atoms with E-state index in [2.05, 4.69) is 17.7 Å². The molecule has 0 fully saturated rings. The topological polar surface area (TPSA) is 49.4 Å². The van der Waals surface area contributed by atoms with Crippen molar-refractivity contribution >= 4 is 15.9 Å². The van der Waals surface area contributed by atoms with Gasteiger partial charge in [0.25, 0.3) is 0 Å². The van der Waals surface area contributed by atoms with Crippen LogP contribution in [0.1, 0.15) is 18.1 Å². The molecule has 1 aromatic carbocycles. The van der Waals surface area contributed by atoms with Gasteiger partial charge in [0.15, 0.2) is 0 Å². The zero-order valence-electron chi connectivity index (χ0n) is 9.53. The maximum atomic E-state index is 11.7. The molecule has 1 aromatic rings. The Hall–Kier alpha value is -1.07. The van der Waals surface area contributed by atoms with Crippen LogP contribution in [-0.4, -0.2) is 22.0 Å². The first kappa shape index (κ1) is 11.4. The second-order valence-corrected chi connectivity index (χ2v) is 5.65. The fourth-order valence-electron chi connectivity index (χ4n) is 2.00. The van der Waals surface area contributed by atoms with Crippen molar-refractivity contribution in [3.05, 3.63) is 29.3 Å². The van der Waals surface area contributed by atoms with Crippen LogP contribution in [0.4, 0.5) is 5.69 Å². The molecule has 0 aliphatic carbocycles. The van der Waals surface area contributed by atoms with Gasteiger partial charge in [0, 0.05) is 13.6 Å². The molecule has 4 nitrogen and oxygen atoms in total. The third kappa shape index (κ3) is 1.81. The molecule has 0 atom stereocenters. The number of nitrogens with one attached hydrogen (secondary N) is 1. The smallest absolute Gasteiger partial charge is 0.257 e. The summed E-state index contributed by atoms with van der Waals surface area (Å²) in [6, 6.07) is 5.99. The van der Waals surface area contributed by atoms with E-state index in [0.29, 0.717) is 6.54 Å². The van der Waals surface area contributed by atoms with Crippen LogP contribution in [0, 0.1) is 0 Å². The second-order valence-electron chi connectivity index (χ2n) is 3.85. The van der Waals surface area contributed by atoms with Crippen molar-refractivity contribution in [1.82, 2.24) is 4.72 Å². The maximum Gasteiger partial charge on any atom is 0.301 e. The molecule has 0 bridgehead atoms. The second kappa shape index (κ2) is 4.07. The SMILES string of the molecule is CCc1ccc2c(c1)CCN2S(=O)(=O)NC. The number of fused-ring (bicyclic) bond motifs is 1. The Morgan fingerprint density at radius 3 is 2.81 bits per heavy atom. The number of anilines is 1. The summed E-state index contributed by atoms with van der Waals surface area (Å²) in [7, 11) is -1.91. The highest BCUT2D eigenvalue weighted by Gasteiger charge is 2.27. The molecular weight excluding hydrogens is 224 g/mol. The van der Waals surface area contributed by atoms with Crippen LogP contribution < -0.4 is 9.03 Å². The van der Waals surface area contributed by atoms with Crippen LogP contribution >= 0.6 is 0 Å². The van der Waals surface area contributed by atoms with Crippen LogP contribution in [0.15, 0.2) is 18.2 Å². The summed E-state index contributed by atoms with van der Waals surface area (Å²) in [5.41, 5.74) is 3.19. The molecule has 16 heavy (non-hydrogen) atoms. The predicted molar refractivity (Wildman–Crippen MR) is 64.8 cm³/mol. The van der Waals surface area contributed by atoms with E-state index in [-0.39, 0.29) is 0 Å². The van der Waals surface area contributed by atoms with E-state index in [1.807, 2.05) is 12.1 Å². The molecule has 1 aliphatic rings. The minimum atomic E-state index is -3.35. The quantitative estimate of drug-likeness (QED) is 0.859. The standard InChI is InChI=1S/C11H16N2O2S/c1-3-9-4-5-11-10(8-9)6-7-13(11)16(14,15)12-2/h4-5,8,12H,3,6-7H2,1-2H3. The van der Waals surface area contributed by atoms with Gasteiger partial charge in [-0.2, -0.15) is 8.42 Å². The van der Waals surface area contributed by atoms with Crippen molar-refractivity contribution in [3.63, 3.8) is 0 Å². The van der Waals surface area contributed by atoms with Crippen LogP contribution in [0.25, 0.3) is 0 Å². The summed E-state index contributed by atoms with van der Waals surface area (Å²) in [5, 5.41) is 0. The highest BCUT2D eigenvalue weighted by molar-refractivity contribution is 7.90.